The summed E-state index contributed by atoms with van der Waals surface area (Å²) in [5.74, 6) is -1.42. The third-order valence-electron chi connectivity index (χ3n) is 3.05. The van der Waals surface area contributed by atoms with Crippen LogP contribution in [0.1, 0.15) is 30.9 Å². The van der Waals surface area contributed by atoms with Crippen molar-refractivity contribution in [3.8, 4) is 0 Å². The van der Waals surface area contributed by atoms with Crippen molar-refractivity contribution in [1.29, 1.82) is 0 Å². The van der Waals surface area contributed by atoms with Crippen LogP contribution in [0.5, 0.6) is 0 Å². The predicted octanol–water partition coefficient (Wildman–Crippen LogP) is 0.231. The summed E-state index contributed by atoms with van der Waals surface area (Å²) in [6.07, 6.45) is 4.91. The Labute approximate surface area is 110 Å². The largest absolute Gasteiger partial charge is 0.479 e. The lowest BCUT2D eigenvalue weighted by Crippen LogP contribution is -2.35. The zero-order valence-corrected chi connectivity index (χ0v) is 10.7. The van der Waals surface area contributed by atoms with Crippen LogP contribution in [0, 0.1) is 0 Å². The molecule has 1 saturated heterocycles. The van der Waals surface area contributed by atoms with E-state index in [9.17, 15) is 9.59 Å². The van der Waals surface area contributed by atoms with E-state index in [1.807, 2.05) is 0 Å². The maximum absolute atomic E-state index is 11.8. The van der Waals surface area contributed by atoms with Crippen molar-refractivity contribution in [3.63, 3.8) is 0 Å². The van der Waals surface area contributed by atoms with Crippen LogP contribution in [0.3, 0.4) is 0 Å². The normalized spacial score (nSPS) is 20.2. The monoisotopic (exact) mass is 267 g/mol. The van der Waals surface area contributed by atoms with Gasteiger partial charge in [-0.2, -0.15) is 5.10 Å². The van der Waals surface area contributed by atoms with E-state index in [2.05, 4.69) is 10.4 Å². The number of carboxylic acid groups (broad SMARTS) is 1. The van der Waals surface area contributed by atoms with Gasteiger partial charge in [-0.15, -0.1) is 0 Å². The number of hydrogen-bond donors (Lipinski definition) is 2. The van der Waals surface area contributed by atoms with Crippen LogP contribution in [-0.4, -0.2) is 39.5 Å². The number of carbonyl (C=O) groups is 2. The lowest BCUT2D eigenvalue weighted by molar-refractivity contribution is -0.142. The first-order valence-electron chi connectivity index (χ1n) is 6.18. The van der Waals surface area contributed by atoms with Crippen molar-refractivity contribution in [3.05, 3.63) is 18.0 Å². The van der Waals surface area contributed by atoms with Crippen LogP contribution in [0.2, 0.25) is 0 Å². The first kappa shape index (κ1) is 13.5. The number of ether oxygens (including phenoxy) is 1. The summed E-state index contributed by atoms with van der Waals surface area (Å²) in [7, 11) is 1.69. The highest BCUT2D eigenvalue weighted by molar-refractivity contribution is 5.84. The molecule has 0 radical (unpaired) electrons. The van der Waals surface area contributed by atoms with Crippen LogP contribution in [0.25, 0.3) is 0 Å². The van der Waals surface area contributed by atoms with Crippen LogP contribution < -0.4 is 5.32 Å². The second-order valence-electron chi connectivity index (χ2n) is 4.63. The average Bonchev–Trinajstić information content (AvgIpc) is 2.97. The van der Waals surface area contributed by atoms with Crippen molar-refractivity contribution in [2.24, 2.45) is 7.05 Å². The third kappa shape index (κ3) is 3.54. The molecule has 7 heteroatoms. The Morgan fingerprint density at radius 2 is 2.47 bits per heavy atom. The van der Waals surface area contributed by atoms with Gasteiger partial charge in [0.15, 0.2) is 6.04 Å². The molecule has 1 aliphatic heterocycles. The second kappa shape index (κ2) is 5.83. The number of nitrogens with one attached hydrogen (secondary N) is 1. The summed E-state index contributed by atoms with van der Waals surface area (Å²) in [6.45, 7) is 0.670. The van der Waals surface area contributed by atoms with Gasteiger partial charge in [0.25, 0.3) is 0 Å². The topological polar surface area (TPSA) is 93.5 Å². The highest BCUT2D eigenvalue weighted by atomic mass is 16.5. The second-order valence-corrected chi connectivity index (χ2v) is 4.63. The summed E-state index contributed by atoms with van der Waals surface area (Å²) in [6, 6.07) is -1.07. The van der Waals surface area contributed by atoms with Gasteiger partial charge in [0, 0.05) is 25.4 Å². The summed E-state index contributed by atoms with van der Waals surface area (Å²) in [4.78, 5) is 23.0. The molecule has 19 heavy (non-hydrogen) atoms. The Kier molecular flexibility index (Phi) is 4.16. The molecule has 2 unspecified atom stereocenters. The third-order valence-corrected chi connectivity index (χ3v) is 3.05. The minimum atomic E-state index is -1.10. The van der Waals surface area contributed by atoms with Gasteiger partial charge in [-0.05, 0) is 12.8 Å². The minimum absolute atomic E-state index is 0.0941. The Balaban J connectivity index is 1.96. The van der Waals surface area contributed by atoms with E-state index in [1.54, 1.807) is 13.2 Å². The quantitative estimate of drug-likeness (QED) is 0.796. The molecule has 2 N–H and O–H groups in total. The van der Waals surface area contributed by atoms with Crippen molar-refractivity contribution in [1.82, 2.24) is 15.1 Å². The van der Waals surface area contributed by atoms with E-state index >= 15 is 0 Å². The number of amides is 1. The number of aliphatic carboxylic acids is 1. The molecule has 7 nitrogen and oxygen atoms in total. The summed E-state index contributed by atoms with van der Waals surface area (Å²) >= 11 is 0. The molecule has 104 valence electrons. The van der Waals surface area contributed by atoms with Crippen molar-refractivity contribution in [2.75, 3.05) is 6.61 Å². The highest BCUT2D eigenvalue weighted by Crippen LogP contribution is 2.17. The van der Waals surface area contributed by atoms with Crippen LogP contribution in [-0.2, 0) is 21.4 Å². The van der Waals surface area contributed by atoms with E-state index in [1.165, 1.54) is 10.9 Å². The molecule has 0 aromatic carbocycles. The molecular formula is C12H17N3O4. The molecule has 1 aliphatic rings. The van der Waals surface area contributed by atoms with Crippen molar-refractivity contribution < 1.29 is 19.4 Å². The van der Waals surface area contributed by atoms with Gasteiger partial charge in [-0.3, -0.25) is 9.48 Å². The van der Waals surface area contributed by atoms with E-state index < -0.39 is 12.0 Å². The first-order valence-corrected chi connectivity index (χ1v) is 6.18. The fourth-order valence-corrected chi connectivity index (χ4v) is 2.11. The lowest BCUT2D eigenvalue weighted by Gasteiger charge is -2.14. The molecule has 2 atom stereocenters. The molecule has 1 amide bonds. The number of carbonyl (C=O) groups excluding carboxylic acids is 1. The van der Waals surface area contributed by atoms with Gasteiger partial charge in [0.05, 0.1) is 18.7 Å². The van der Waals surface area contributed by atoms with Crippen molar-refractivity contribution >= 4 is 11.9 Å². The minimum Gasteiger partial charge on any atom is -0.479 e. The van der Waals surface area contributed by atoms with E-state index in [0.29, 0.717) is 12.2 Å². The van der Waals surface area contributed by atoms with Gasteiger partial charge in [-0.1, -0.05) is 0 Å². The van der Waals surface area contributed by atoms with Crippen LogP contribution in [0.15, 0.2) is 12.4 Å². The summed E-state index contributed by atoms with van der Waals surface area (Å²) < 4.78 is 6.85. The number of hydrogen-bond acceptors (Lipinski definition) is 4. The maximum atomic E-state index is 11.8. The summed E-state index contributed by atoms with van der Waals surface area (Å²) in [5, 5.41) is 15.6. The van der Waals surface area contributed by atoms with E-state index in [0.717, 1.165) is 12.8 Å². The summed E-state index contributed by atoms with van der Waals surface area (Å²) in [5.41, 5.74) is 0.454. The molecular weight excluding hydrogens is 250 g/mol. The molecule has 0 aliphatic carbocycles. The number of aromatic nitrogens is 2. The fourth-order valence-electron chi connectivity index (χ4n) is 2.11. The van der Waals surface area contributed by atoms with Crippen LogP contribution >= 0.6 is 0 Å². The number of aryl methyl sites for hydroxylation is 1. The van der Waals surface area contributed by atoms with Gasteiger partial charge in [0.1, 0.15) is 0 Å². The van der Waals surface area contributed by atoms with Crippen molar-refractivity contribution in [2.45, 2.75) is 31.4 Å². The van der Waals surface area contributed by atoms with E-state index in [4.69, 9.17) is 9.84 Å². The van der Waals surface area contributed by atoms with Gasteiger partial charge < -0.3 is 15.2 Å². The van der Waals surface area contributed by atoms with Gasteiger partial charge >= 0.3 is 5.97 Å². The first-order chi connectivity index (χ1) is 9.06. The molecule has 1 fully saturated rings. The number of nitrogens with zero attached hydrogens (tertiary/aromatic N) is 2. The molecule has 1 aromatic rings. The molecule has 2 heterocycles. The Morgan fingerprint density at radius 3 is 3.00 bits per heavy atom. The average molecular weight is 267 g/mol. The number of rotatable bonds is 5. The zero-order chi connectivity index (χ0) is 13.8. The van der Waals surface area contributed by atoms with Gasteiger partial charge in [0.2, 0.25) is 5.91 Å². The number of carboxylic acids is 1. The SMILES string of the molecule is Cn1cc(C(NC(=O)CC2CCCO2)C(=O)O)cn1. The Hall–Kier alpha value is -1.89. The Morgan fingerprint density at radius 1 is 1.68 bits per heavy atom. The standard InChI is InChI=1S/C12H17N3O4/c1-15-7-8(6-13-15)11(12(17)18)14-10(16)5-9-3-2-4-19-9/h6-7,9,11H,2-5H2,1H3,(H,14,16)(H,17,18). The maximum Gasteiger partial charge on any atom is 0.331 e. The van der Waals surface area contributed by atoms with E-state index in [-0.39, 0.29) is 18.4 Å². The zero-order valence-electron chi connectivity index (χ0n) is 10.7. The highest BCUT2D eigenvalue weighted by Gasteiger charge is 2.26. The molecule has 2 rings (SSSR count). The fraction of sp³-hybridized carbons (Fsp3) is 0.583. The lowest BCUT2D eigenvalue weighted by atomic mass is 10.1. The van der Waals surface area contributed by atoms with Crippen LogP contribution in [0.4, 0.5) is 0 Å². The smallest absolute Gasteiger partial charge is 0.331 e. The molecule has 0 bridgehead atoms. The molecule has 0 saturated carbocycles. The predicted molar refractivity (Wildman–Crippen MR) is 65.3 cm³/mol. The Bertz CT molecular complexity index is 465. The molecule has 0 spiro atoms. The van der Waals surface area contributed by atoms with Gasteiger partial charge in [-0.25, -0.2) is 4.79 Å². The molecule has 1 aromatic heterocycles.